The first-order chi connectivity index (χ1) is 17.4. The number of ether oxygens (including phenoxy) is 1. The smallest absolute Gasteiger partial charge is 0.296 e. The summed E-state index contributed by atoms with van der Waals surface area (Å²) in [5, 5.41) is 1.11. The van der Waals surface area contributed by atoms with Crippen molar-refractivity contribution in [3.05, 3.63) is 88.2 Å². The lowest BCUT2D eigenvalue weighted by molar-refractivity contribution is -0.126. The van der Waals surface area contributed by atoms with Gasteiger partial charge in [-0.05, 0) is 60.5 Å². The summed E-state index contributed by atoms with van der Waals surface area (Å²) in [5.74, 6) is -0.515. The SMILES string of the molecule is COc1ccc(-c2cc3ccccn3c2C(=O)C(=O)N2CCN(c3cc(Cl)ccc3C)CC2)cc1Cl. The lowest BCUT2D eigenvalue weighted by Crippen LogP contribution is -2.51. The fourth-order valence-corrected chi connectivity index (χ4v) is 5.15. The van der Waals surface area contributed by atoms with E-state index in [0.29, 0.717) is 53.2 Å². The number of carbonyl (C=O) groups is 2. The van der Waals surface area contributed by atoms with Crippen LogP contribution in [0.5, 0.6) is 5.75 Å². The number of rotatable bonds is 5. The van der Waals surface area contributed by atoms with E-state index in [2.05, 4.69) is 4.90 Å². The minimum atomic E-state index is -0.546. The Morgan fingerprint density at radius 1 is 0.917 bits per heavy atom. The monoisotopic (exact) mass is 521 g/mol. The minimum absolute atomic E-state index is 0.324. The Balaban J connectivity index is 1.43. The van der Waals surface area contributed by atoms with E-state index in [0.717, 1.165) is 22.3 Å². The van der Waals surface area contributed by atoms with Crippen LogP contribution in [-0.2, 0) is 4.79 Å². The molecule has 0 saturated carbocycles. The second-order valence-corrected chi connectivity index (χ2v) is 9.63. The first-order valence-corrected chi connectivity index (χ1v) is 12.4. The molecule has 0 N–H and O–H groups in total. The molecule has 0 atom stereocenters. The van der Waals surface area contributed by atoms with Crippen LogP contribution in [0.2, 0.25) is 10.0 Å². The van der Waals surface area contributed by atoms with Gasteiger partial charge in [0.05, 0.1) is 12.1 Å². The molecule has 1 fully saturated rings. The van der Waals surface area contributed by atoms with Crippen molar-refractivity contribution < 1.29 is 14.3 Å². The molecule has 0 spiro atoms. The number of hydrogen-bond acceptors (Lipinski definition) is 4. The highest BCUT2D eigenvalue weighted by molar-refractivity contribution is 6.43. The van der Waals surface area contributed by atoms with Crippen LogP contribution in [0, 0.1) is 6.92 Å². The third-order valence-electron chi connectivity index (χ3n) is 6.63. The maximum absolute atomic E-state index is 13.7. The lowest BCUT2D eigenvalue weighted by atomic mass is 10.0. The van der Waals surface area contributed by atoms with Gasteiger partial charge in [-0.1, -0.05) is 41.4 Å². The number of aromatic nitrogens is 1. The molecule has 6 nitrogen and oxygen atoms in total. The number of hydrogen-bond donors (Lipinski definition) is 0. The summed E-state index contributed by atoms with van der Waals surface area (Å²) >= 11 is 12.6. The highest BCUT2D eigenvalue weighted by Gasteiger charge is 2.31. The summed E-state index contributed by atoms with van der Waals surface area (Å²) in [5.41, 5.74) is 4.70. The molecule has 1 amide bonds. The summed E-state index contributed by atoms with van der Waals surface area (Å²) in [4.78, 5) is 30.9. The van der Waals surface area contributed by atoms with Crippen LogP contribution in [0.15, 0.2) is 66.9 Å². The van der Waals surface area contributed by atoms with Crippen molar-refractivity contribution in [1.82, 2.24) is 9.30 Å². The third kappa shape index (κ3) is 4.43. The first kappa shape index (κ1) is 24.2. The normalized spacial score (nSPS) is 13.8. The van der Waals surface area contributed by atoms with E-state index in [-0.39, 0.29) is 0 Å². The number of piperazine rings is 1. The van der Waals surface area contributed by atoms with Gasteiger partial charge in [0.1, 0.15) is 11.4 Å². The number of benzene rings is 2. The number of ketones is 1. The lowest BCUT2D eigenvalue weighted by Gasteiger charge is -2.36. The van der Waals surface area contributed by atoms with E-state index in [1.165, 1.54) is 0 Å². The number of halogens is 2. The van der Waals surface area contributed by atoms with Gasteiger partial charge in [0.15, 0.2) is 0 Å². The molecule has 0 bridgehead atoms. The second kappa shape index (κ2) is 9.88. The van der Waals surface area contributed by atoms with Crippen molar-refractivity contribution >= 4 is 46.1 Å². The molecule has 1 saturated heterocycles. The molecule has 1 aliphatic heterocycles. The van der Waals surface area contributed by atoms with Crippen molar-refractivity contribution in [2.75, 3.05) is 38.2 Å². The average molecular weight is 522 g/mol. The molecule has 2 aromatic carbocycles. The molecule has 4 aromatic rings. The standard InChI is InChI=1S/C28H25Cl2N3O3/c1-18-6-8-20(29)16-24(18)31-11-13-32(14-12-31)28(35)27(34)26-22(17-21-5-3-4-10-33(21)26)19-7-9-25(36-2)23(30)15-19/h3-10,15-17H,11-14H2,1-2H3. The molecular formula is C28H25Cl2N3O3. The highest BCUT2D eigenvalue weighted by Crippen LogP contribution is 2.34. The molecule has 0 radical (unpaired) electrons. The van der Waals surface area contributed by atoms with Crippen LogP contribution in [0.25, 0.3) is 16.6 Å². The van der Waals surface area contributed by atoms with Gasteiger partial charge in [-0.2, -0.15) is 0 Å². The molecule has 0 unspecified atom stereocenters. The molecule has 5 rings (SSSR count). The summed E-state index contributed by atoms with van der Waals surface area (Å²) in [6, 6.07) is 18.7. The summed E-state index contributed by atoms with van der Waals surface area (Å²) < 4.78 is 7.03. The largest absolute Gasteiger partial charge is 0.495 e. The quantitative estimate of drug-likeness (QED) is 0.247. The Kier molecular flexibility index (Phi) is 6.65. The van der Waals surface area contributed by atoms with Crippen molar-refractivity contribution in [3.63, 3.8) is 0 Å². The molecule has 3 heterocycles. The van der Waals surface area contributed by atoms with Crippen molar-refractivity contribution in [2.24, 2.45) is 0 Å². The Morgan fingerprint density at radius 2 is 1.69 bits per heavy atom. The van der Waals surface area contributed by atoms with Gasteiger partial charge < -0.3 is 18.9 Å². The summed E-state index contributed by atoms with van der Waals surface area (Å²) in [6.45, 7) is 4.18. The van der Waals surface area contributed by atoms with Crippen LogP contribution in [0.3, 0.4) is 0 Å². The molecule has 184 valence electrons. The van der Waals surface area contributed by atoms with Gasteiger partial charge in [-0.3, -0.25) is 9.59 Å². The average Bonchev–Trinajstić information content (AvgIpc) is 3.29. The molecule has 8 heteroatoms. The van der Waals surface area contributed by atoms with Crippen molar-refractivity contribution in [1.29, 1.82) is 0 Å². The van der Waals surface area contributed by atoms with Gasteiger partial charge >= 0.3 is 0 Å². The Bertz CT molecular complexity index is 1470. The maximum Gasteiger partial charge on any atom is 0.296 e. The Hall–Kier alpha value is -3.48. The van der Waals surface area contributed by atoms with Crippen LogP contribution >= 0.6 is 23.2 Å². The number of carbonyl (C=O) groups excluding carboxylic acids is 2. The van der Waals surface area contributed by atoms with Crippen LogP contribution in [0.1, 0.15) is 16.1 Å². The van der Waals surface area contributed by atoms with Gasteiger partial charge in [-0.15, -0.1) is 0 Å². The van der Waals surface area contributed by atoms with Crippen LogP contribution < -0.4 is 9.64 Å². The van der Waals surface area contributed by atoms with E-state index in [9.17, 15) is 9.59 Å². The molecule has 0 aliphatic carbocycles. The zero-order valence-electron chi connectivity index (χ0n) is 20.0. The first-order valence-electron chi connectivity index (χ1n) is 11.7. The number of amides is 1. The Labute approximate surface area is 219 Å². The molecule has 36 heavy (non-hydrogen) atoms. The van der Waals surface area contributed by atoms with Crippen LogP contribution in [0.4, 0.5) is 5.69 Å². The van der Waals surface area contributed by atoms with E-state index < -0.39 is 11.7 Å². The van der Waals surface area contributed by atoms with Gasteiger partial charge in [0.25, 0.3) is 11.7 Å². The highest BCUT2D eigenvalue weighted by atomic mass is 35.5. The number of fused-ring (bicyclic) bond motifs is 1. The third-order valence-corrected chi connectivity index (χ3v) is 7.16. The maximum atomic E-state index is 13.7. The van der Waals surface area contributed by atoms with E-state index in [4.69, 9.17) is 27.9 Å². The number of anilines is 1. The minimum Gasteiger partial charge on any atom is -0.495 e. The predicted octanol–water partition coefficient (Wildman–Crippen LogP) is 5.76. The van der Waals surface area contributed by atoms with E-state index in [1.807, 2.05) is 55.5 Å². The zero-order valence-corrected chi connectivity index (χ0v) is 21.5. The number of aryl methyl sites for hydroxylation is 1. The molecule has 1 aliphatic rings. The number of pyridine rings is 1. The summed E-state index contributed by atoms with van der Waals surface area (Å²) in [7, 11) is 1.55. The zero-order chi connectivity index (χ0) is 25.4. The second-order valence-electron chi connectivity index (χ2n) is 8.79. The number of Topliss-reactive ketones (excluding diaryl/α,β-unsaturated/α-hetero) is 1. The number of methoxy groups -OCH3 is 1. The predicted molar refractivity (Wildman–Crippen MR) is 144 cm³/mol. The van der Waals surface area contributed by atoms with Crippen molar-refractivity contribution in [2.45, 2.75) is 6.92 Å². The fraction of sp³-hybridized carbons (Fsp3) is 0.214. The van der Waals surface area contributed by atoms with Gasteiger partial charge in [0, 0.05) is 54.2 Å². The topological polar surface area (TPSA) is 54.3 Å². The summed E-state index contributed by atoms with van der Waals surface area (Å²) in [6.07, 6.45) is 1.80. The van der Waals surface area contributed by atoms with E-state index in [1.54, 1.807) is 34.7 Å². The van der Waals surface area contributed by atoms with Crippen LogP contribution in [-0.4, -0.2) is 54.3 Å². The molecule has 2 aromatic heterocycles. The van der Waals surface area contributed by atoms with Crippen molar-refractivity contribution in [3.8, 4) is 16.9 Å². The molecular weight excluding hydrogens is 497 g/mol. The van der Waals surface area contributed by atoms with E-state index >= 15 is 0 Å². The van der Waals surface area contributed by atoms with Gasteiger partial charge in [-0.25, -0.2) is 0 Å². The van der Waals surface area contributed by atoms with Gasteiger partial charge in [0.2, 0.25) is 0 Å². The Morgan fingerprint density at radius 3 is 2.42 bits per heavy atom. The number of nitrogens with zero attached hydrogens (tertiary/aromatic N) is 3. The fourth-order valence-electron chi connectivity index (χ4n) is 4.73.